The third kappa shape index (κ3) is 6.93. The summed E-state index contributed by atoms with van der Waals surface area (Å²) in [4.78, 5) is 22.6. The van der Waals surface area contributed by atoms with E-state index in [1.54, 1.807) is 0 Å². The van der Waals surface area contributed by atoms with Crippen LogP contribution in [-0.2, 0) is 9.59 Å². The molecule has 0 spiro atoms. The minimum atomic E-state index is -0.754. The van der Waals surface area contributed by atoms with Crippen molar-refractivity contribution in [1.29, 1.82) is 0 Å². The van der Waals surface area contributed by atoms with Crippen LogP contribution in [0.5, 0.6) is 0 Å². The maximum Gasteiger partial charge on any atom is 0.303 e. The molecule has 1 unspecified atom stereocenters. The van der Waals surface area contributed by atoms with Gasteiger partial charge < -0.3 is 16.2 Å². The second-order valence-corrected chi connectivity index (χ2v) is 6.82. The number of amides is 1. The van der Waals surface area contributed by atoms with Crippen molar-refractivity contribution >= 4 is 11.9 Å². The van der Waals surface area contributed by atoms with Crippen LogP contribution in [0.15, 0.2) is 0 Å². The molecule has 5 nitrogen and oxygen atoms in total. The fraction of sp³-hybridized carbons (Fsp3) is 0.875. The van der Waals surface area contributed by atoms with E-state index in [1.165, 1.54) is 0 Å². The van der Waals surface area contributed by atoms with Gasteiger partial charge in [0, 0.05) is 24.9 Å². The van der Waals surface area contributed by atoms with Gasteiger partial charge in [-0.3, -0.25) is 9.59 Å². The van der Waals surface area contributed by atoms with Crippen molar-refractivity contribution < 1.29 is 14.7 Å². The Labute approximate surface area is 127 Å². The summed E-state index contributed by atoms with van der Waals surface area (Å²) in [5.74, 6) is 0.0350. The largest absolute Gasteiger partial charge is 0.481 e. The Morgan fingerprint density at radius 1 is 1.24 bits per heavy atom. The maximum atomic E-state index is 11.9. The molecule has 1 atom stereocenters. The van der Waals surface area contributed by atoms with Gasteiger partial charge in [-0.1, -0.05) is 26.7 Å². The summed E-state index contributed by atoms with van der Waals surface area (Å²) < 4.78 is 0. The molecular weight excluding hydrogens is 268 g/mol. The molecule has 0 saturated heterocycles. The summed E-state index contributed by atoms with van der Waals surface area (Å²) in [5, 5.41) is 11.7. The Morgan fingerprint density at radius 3 is 2.38 bits per heavy atom. The third-order valence-corrected chi connectivity index (χ3v) is 4.62. The zero-order chi connectivity index (χ0) is 15.9. The third-order valence-electron chi connectivity index (χ3n) is 4.62. The Balaban J connectivity index is 2.26. The van der Waals surface area contributed by atoms with Crippen LogP contribution in [0, 0.1) is 11.8 Å². The second-order valence-electron chi connectivity index (χ2n) is 6.82. The van der Waals surface area contributed by atoms with Crippen molar-refractivity contribution in [2.45, 2.75) is 70.8 Å². The summed E-state index contributed by atoms with van der Waals surface area (Å²) in [7, 11) is 0. The first-order valence-electron chi connectivity index (χ1n) is 8.10. The van der Waals surface area contributed by atoms with E-state index >= 15 is 0 Å². The van der Waals surface area contributed by atoms with Gasteiger partial charge in [0.1, 0.15) is 0 Å². The van der Waals surface area contributed by atoms with Gasteiger partial charge in [-0.05, 0) is 37.5 Å². The second kappa shape index (κ2) is 8.37. The zero-order valence-corrected chi connectivity index (χ0v) is 13.4. The smallest absolute Gasteiger partial charge is 0.303 e. The van der Waals surface area contributed by atoms with Crippen LogP contribution >= 0.6 is 0 Å². The first kappa shape index (κ1) is 18.0. The average molecular weight is 298 g/mol. The van der Waals surface area contributed by atoms with Crippen molar-refractivity contribution in [1.82, 2.24) is 5.32 Å². The lowest BCUT2D eigenvalue weighted by Crippen LogP contribution is -2.42. The summed E-state index contributed by atoms with van der Waals surface area (Å²) >= 11 is 0. The van der Waals surface area contributed by atoms with Crippen LogP contribution in [0.2, 0.25) is 0 Å². The number of aliphatic carboxylic acids is 1. The first-order chi connectivity index (χ1) is 9.82. The highest BCUT2D eigenvalue weighted by molar-refractivity contribution is 5.77. The van der Waals surface area contributed by atoms with Gasteiger partial charge in [-0.25, -0.2) is 0 Å². The topological polar surface area (TPSA) is 92.4 Å². The number of carboxylic acids is 1. The van der Waals surface area contributed by atoms with Gasteiger partial charge in [0.15, 0.2) is 0 Å². The molecule has 1 amide bonds. The van der Waals surface area contributed by atoms with Gasteiger partial charge in [-0.15, -0.1) is 0 Å². The molecule has 1 rings (SSSR count). The molecule has 0 aliphatic heterocycles. The predicted molar refractivity (Wildman–Crippen MR) is 82.8 cm³/mol. The average Bonchev–Trinajstić information content (AvgIpc) is 2.79. The Kier molecular flexibility index (Phi) is 7.15. The molecule has 4 N–H and O–H groups in total. The molecule has 122 valence electrons. The maximum absolute atomic E-state index is 11.9. The van der Waals surface area contributed by atoms with E-state index in [0.29, 0.717) is 31.2 Å². The SMILES string of the molecule is CC(C)C(CCNC(=O)CC1(N)CCCC1)CCC(=O)O. The van der Waals surface area contributed by atoms with E-state index in [-0.39, 0.29) is 17.9 Å². The van der Waals surface area contributed by atoms with E-state index in [0.717, 1.165) is 32.1 Å². The van der Waals surface area contributed by atoms with Gasteiger partial charge in [0.25, 0.3) is 0 Å². The normalized spacial score (nSPS) is 18.7. The van der Waals surface area contributed by atoms with Crippen LogP contribution in [-0.4, -0.2) is 29.1 Å². The monoisotopic (exact) mass is 298 g/mol. The highest BCUT2D eigenvalue weighted by atomic mass is 16.4. The Morgan fingerprint density at radius 2 is 1.86 bits per heavy atom. The molecule has 0 heterocycles. The summed E-state index contributed by atoms with van der Waals surface area (Å²) in [5.41, 5.74) is 5.89. The lowest BCUT2D eigenvalue weighted by molar-refractivity contribution is -0.137. The molecule has 1 aliphatic carbocycles. The number of nitrogens with two attached hydrogens (primary N) is 1. The van der Waals surface area contributed by atoms with Crippen LogP contribution in [0.1, 0.15) is 65.2 Å². The molecule has 0 aromatic carbocycles. The summed E-state index contributed by atoms with van der Waals surface area (Å²) in [6, 6.07) is 0. The van der Waals surface area contributed by atoms with E-state index in [2.05, 4.69) is 19.2 Å². The van der Waals surface area contributed by atoms with Crippen molar-refractivity contribution in [3.63, 3.8) is 0 Å². The standard InChI is InChI=1S/C16H30N2O3/c1-12(2)13(5-6-15(20)21)7-10-18-14(19)11-16(17)8-3-4-9-16/h12-13H,3-11,17H2,1-2H3,(H,18,19)(H,20,21). The number of carbonyl (C=O) groups is 2. The van der Waals surface area contributed by atoms with Crippen LogP contribution in [0.3, 0.4) is 0 Å². The molecule has 1 saturated carbocycles. The molecular formula is C16H30N2O3. The fourth-order valence-electron chi connectivity index (χ4n) is 3.16. The number of hydrogen-bond donors (Lipinski definition) is 3. The Bertz CT molecular complexity index is 349. The molecule has 21 heavy (non-hydrogen) atoms. The van der Waals surface area contributed by atoms with Gasteiger partial charge in [0.2, 0.25) is 5.91 Å². The van der Waals surface area contributed by atoms with Gasteiger partial charge >= 0.3 is 5.97 Å². The molecule has 5 heteroatoms. The minimum absolute atomic E-state index is 0.0279. The molecule has 0 aromatic heterocycles. The molecule has 0 bridgehead atoms. The van der Waals surface area contributed by atoms with Crippen LogP contribution in [0.25, 0.3) is 0 Å². The number of carbonyl (C=O) groups excluding carboxylic acids is 1. The number of rotatable bonds is 9. The van der Waals surface area contributed by atoms with E-state index in [4.69, 9.17) is 10.8 Å². The van der Waals surface area contributed by atoms with Crippen molar-refractivity contribution in [2.24, 2.45) is 17.6 Å². The predicted octanol–water partition coefficient (Wildman–Crippen LogP) is 2.29. The lowest BCUT2D eigenvalue weighted by atomic mass is 9.88. The van der Waals surface area contributed by atoms with Crippen LogP contribution < -0.4 is 11.1 Å². The Hall–Kier alpha value is -1.10. The number of hydrogen-bond acceptors (Lipinski definition) is 3. The van der Waals surface area contributed by atoms with Crippen molar-refractivity contribution in [2.75, 3.05) is 6.54 Å². The molecule has 0 radical (unpaired) electrons. The number of carboxylic acid groups (broad SMARTS) is 1. The number of nitrogens with one attached hydrogen (secondary N) is 1. The molecule has 1 aliphatic rings. The summed E-state index contributed by atoms with van der Waals surface area (Å²) in [6.07, 6.45) is 6.22. The van der Waals surface area contributed by atoms with Crippen LogP contribution in [0.4, 0.5) is 0 Å². The van der Waals surface area contributed by atoms with Gasteiger partial charge in [-0.2, -0.15) is 0 Å². The van der Waals surface area contributed by atoms with E-state index in [1.807, 2.05) is 0 Å². The molecule has 1 fully saturated rings. The highest BCUT2D eigenvalue weighted by Gasteiger charge is 2.31. The minimum Gasteiger partial charge on any atom is -0.481 e. The lowest BCUT2D eigenvalue weighted by Gasteiger charge is -2.23. The highest BCUT2D eigenvalue weighted by Crippen LogP contribution is 2.29. The fourth-order valence-corrected chi connectivity index (χ4v) is 3.16. The quantitative estimate of drug-likeness (QED) is 0.609. The first-order valence-corrected chi connectivity index (χ1v) is 8.10. The summed E-state index contributed by atoms with van der Waals surface area (Å²) in [6.45, 7) is 4.81. The van der Waals surface area contributed by atoms with E-state index < -0.39 is 5.97 Å². The van der Waals surface area contributed by atoms with Crippen molar-refractivity contribution in [3.05, 3.63) is 0 Å². The van der Waals surface area contributed by atoms with Crippen molar-refractivity contribution in [3.8, 4) is 0 Å². The van der Waals surface area contributed by atoms with E-state index in [9.17, 15) is 9.59 Å². The van der Waals surface area contributed by atoms with Gasteiger partial charge in [0.05, 0.1) is 0 Å². The zero-order valence-electron chi connectivity index (χ0n) is 13.4. The molecule has 0 aromatic rings.